The number of carbonyl (C=O) groups excluding carboxylic acids is 1. The molecule has 0 fully saturated rings. The van der Waals surface area contributed by atoms with Crippen molar-refractivity contribution in [2.45, 2.75) is 39.8 Å². The predicted molar refractivity (Wildman–Crippen MR) is 90.3 cm³/mol. The number of para-hydroxylation sites is 1. The van der Waals surface area contributed by atoms with Crippen LogP contribution in [0.5, 0.6) is 11.6 Å². The normalized spacial score (nSPS) is 11.8. The zero-order chi connectivity index (χ0) is 16.8. The molecule has 1 aromatic carbocycles. The van der Waals surface area contributed by atoms with Gasteiger partial charge in [-0.1, -0.05) is 24.3 Å². The maximum absolute atomic E-state index is 11.8. The Kier molecular flexibility index (Phi) is 5.71. The number of aromatic nitrogens is 1. The summed E-state index contributed by atoms with van der Waals surface area (Å²) in [7, 11) is 0. The van der Waals surface area contributed by atoms with Crippen LogP contribution in [0.2, 0.25) is 0 Å². The summed E-state index contributed by atoms with van der Waals surface area (Å²) in [6.07, 6.45) is 1.98. The minimum absolute atomic E-state index is 0.0816. The number of nitrogens with two attached hydrogens (primary N) is 1. The number of amides is 1. The topological polar surface area (TPSA) is 77.2 Å². The van der Waals surface area contributed by atoms with Crippen molar-refractivity contribution in [1.29, 1.82) is 0 Å². The van der Waals surface area contributed by atoms with E-state index in [1.54, 1.807) is 13.1 Å². The third kappa shape index (κ3) is 4.79. The van der Waals surface area contributed by atoms with Crippen molar-refractivity contribution in [2.75, 3.05) is 0 Å². The Labute approximate surface area is 136 Å². The number of nitrogens with one attached hydrogen (secondary N) is 1. The molecular weight excluding hydrogens is 290 g/mol. The summed E-state index contributed by atoms with van der Waals surface area (Å²) >= 11 is 0. The molecule has 0 saturated carbocycles. The van der Waals surface area contributed by atoms with Crippen LogP contribution in [0.1, 0.15) is 30.0 Å². The average Bonchev–Trinajstić information content (AvgIpc) is 2.49. The van der Waals surface area contributed by atoms with Gasteiger partial charge in [-0.15, -0.1) is 0 Å². The number of nitrogens with zero attached hydrogens (tertiary/aromatic N) is 1. The molecule has 2 aromatic rings. The van der Waals surface area contributed by atoms with Crippen molar-refractivity contribution in [2.24, 2.45) is 5.73 Å². The van der Waals surface area contributed by atoms with E-state index in [2.05, 4.69) is 10.3 Å². The standard InChI is InChI=1S/C18H23N3O2/c1-12-6-4-7-13(2)17(12)23-18-15(8-5-9-20-18)11-21-16(22)10-14(3)19/h4-9,14H,10-11,19H2,1-3H3,(H,21,22)/t14-/m1/s1. The largest absolute Gasteiger partial charge is 0.438 e. The van der Waals surface area contributed by atoms with Gasteiger partial charge in [0.25, 0.3) is 0 Å². The van der Waals surface area contributed by atoms with Gasteiger partial charge in [0.05, 0.1) is 0 Å². The third-order valence-electron chi connectivity index (χ3n) is 3.44. The maximum atomic E-state index is 11.8. The van der Waals surface area contributed by atoms with Gasteiger partial charge in [0.1, 0.15) is 5.75 Å². The van der Waals surface area contributed by atoms with Gasteiger partial charge in [-0.25, -0.2) is 4.98 Å². The summed E-state index contributed by atoms with van der Waals surface area (Å²) < 4.78 is 6.00. The lowest BCUT2D eigenvalue weighted by Gasteiger charge is -2.14. The third-order valence-corrected chi connectivity index (χ3v) is 3.44. The van der Waals surface area contributed by atoms with Crippen molar-refractivity contribution in [3.8, 4) is 11.6 Å². The summed E-state index contributed by atoms with van der Waals surface area (Å²) in [6, 6.07) is 9.54. The van der Waals surface area contributed by atoms with Crippen LogP contribution >= 0.6 is 0 Å². The lowest BCUT2D eigenvalue weighted by atomic mass is 10.1. The number of ether oxygens (including phenoxy) is 1. The molecule has 0 aliphatic rings. The first-order chi connectivity index (χ1) is 11.0. The van der Waals surface area contributed by atoms with Gasteiger partial charge in [-0.2, -0.15) is 0 Å². The Morgan fingerprint density at radius 1 is 1.26 bits per heavy atom. The van der Waals surface area contributed by atoms with Crippen molar-refractivity contribution in [1.82, 2.24) is 10.3 Å². The van der Waals surface area contributed by atoms with Crippen molar-refractivity contribution in [3.05, 3.63) is 53.2 Å². The monoisotopic (exact) mass is 313 g/mol. The van der Waals surface area contributed by atoms with Gasteiger partial charge in [-0.3, -0.25) is 4.79 Å². The van der Waals surface area contributed by atoms with Crippen LogP contribution in [0.4, 0.5) is 0 Å². The molecule has 3 N–H and O–H groups in total. The second-order valence-electron chi connectivity index (χ2n) is 5.75. The smallest absolute Gasteiger partial charge is 0.224 e. The molecule has 1 atom stereocenters. The number of carbonyl (C=O) groups is 1. The van der Waals surface area contributed by atoms with Crippen molar-refractivity contribution < 1.29 is 9.53 Å². The van der Waals surface area contributed by atoms with Crippen LogP contribution in [-0.4, -0.2) is 16.9 Å². The zero-order valence-electron chi connectivity index (χ0n) is 13.8. The highest BCUT2D eigenvalue weighted by Gasteiger charge is 2.11. The molecule has 2 rings (SSSR count). The molecule has 0 saturated heterocycles. The Hall–Kier alpha value is -2.40. The van der Waals surface area contributed by atoms with Gasteiger partial charge in [0.2, 0.25) is 11.8 Å². The molecule has 1 heterocycles. The number of benzene rings is 1. The fraction of sp³-hybridized carbons (Fsp3) is 0.333. The van der Waals surface area contributed by atoms with Gasteiger partial charge in [0, 0.05) is 30.8 Å². The number of pyridine rings is 1. The minimum Gasteiger partial charge on any atom is -0.438 e. The molecule has 23 heavy (non-hydrogen) atoms. The fourth-order valence-corrected chi connectivity index (χ4v) is 2.27. The Balaban J connectivity index is 2.13. The first-order valence-corrected chi connectivity index (χ1v) is 7.67. The fourth-order valence-electron chi connectivity index (χ4n) is 2.27. The quantitative estimate of drug-likeness (QED) is 0.859. The lowest BCUT2D eigenvalue weighted by Crippen LogP contribution is -2.29. The Morgan fingerprint density at radius 2 is 1.96 bits per heavy atom. The zero-order valence-corrected chi connectivity index (χ0v) is 13.8. The van der Waals surface area contributed by atoms with Crippen LogP contribution in [0, 0.1) is 13.8 Å². The first-order valence-electron chi connectivity index (χ1n) is 7.67. The van der Waals surface area contributed by atoms with E-state index in [-0.39, 0.29) is 11.9 Å². The highest BCUT2D eigenvalue weighted by atomic mass is 16.5. The highest BCUT2D eigenvalue weighted by molar-refractivity contribution is 5.76. The van der Waals surface area contributed by atoms with E-state index in [0.717, 1.165) is 22.4 Å². The average molecular weight is 313 g/mol. The first kappa shape index (κ1) is 17.0. The van der Waals surface area contributed by atoms with E-state index in [1.807, 2.05) is 44.2 Å². The van der Waals surface area contributed by atoms with Crippen LogP contribution < -0.4 is 15.8 Å². The molecule has 0 radical (unpaired) electrons. The number of aryl methyl sites for hydroxylation is 2. The highest BCUT2D eigenvalue weighted by Crippen LogP contribution is 2.29. The van der Waals surface area contributed by atoms with E-state index in [4.69, 9.17) is 10.5 Å². The molecule has 0 unspecified atom stereocenters. The molecular formula is C18H23N3O2. The molecule has 0 spiro atoms. The Bertz CT molecular complexity index is 663. The molecule has 5 nitrogen and oxygen atoms in total. The number of hydrogen-bond acceptors (Lipinski definition) is 4. The summed E-state index contributed by atoms with van der Waals surface area (Å²) in [5.74, 6) is 1.22. The molecule has 1 amide bonds. The minimum atomic E-state index is -0.158. The van der Waals surface area contributed by atoms with Crippen LogP contribution in [0.25, 0.3) is 0 Å². The van der Waals surface area contributed by atoms with Gasteiger partial charge in [0.15, 0.2) is 0 Å². The van der Waals surface area contributed by atoms with E-state index in [9.17, 15) is 4.79 Å². The van der Waals surface area contributed by atoms with Crippen molar-refractivity contribution >= 4 is 5.91 Å². The van der Waals surface area contributed by atoms with Crippen molar-refractivity contribution in [3.63, 3.8) is 0 Å². The molecule has 0 bridgehead atoms. The van der Waals surface area contributed by atoms with E-state index in [0.29, 0.717) is 18.8 Å². The van der Waals surface area contributed by atoms with Crippen LogP contribution in [0.3, 0.4) is 0 Å². The van der Waals surface area contributed by atoms with E-state index < -0.39 is 0 Å². The number of rotatable bonds is 6. The Morgan fingerprint density at radius 3 is 2.61 bits per heavy atom. The summed E-state index contributed by atoms with van der Waals surface area (Å²) in [5, 5.41) is 2.85. The number of hydrogen-bond donors (Lipinski definition) is 2. The summed E-state index contributed by atoms with van der Waals surface area (Å²) in [6.45, 7) is 6.16. The van der Waals surface area contributed by atoms with Gasteiger partial charge >= 0.3 is 0 Å². The lowest BCUT2D eigenvalue weighted by molar-refractivity contribution is -0.121. The van der Waals surface area contributed by atoms with E-state index >= 15 is 0 Å². The second kappa shape index (κ2) is 7.74. The summed E-state index contributed by atoms with van der Waals surface area (Å²) in [5.41, 5.74) is 8.54. The molecule has 0 aliphatic heterocycles. The maximum Gasteiger partial charge on any atom is 0.224 e. The SMILES string of the molecule is Cc1cccc(C)c1Oc1ncccc1CNC(=O)C[C@@H](C)N. The van der Waals surface area contributed by atoms with Crippen LogP contribution in [0.15, 0.2) is 36.5 Å². The molecule has 5 heteroatoms. The van der Waals surface area contributed by atoms with Gasteiger partial charge in [-0.05, 0) is 38.0 Å². The van der Waals surface area contributed by atoms with Crippen LogP contribution in [-0.2, 0) is 11.3 Å². The molecule has 0 aliphatic carbocycles. The van der Waals surface area contributed by atoms with E-state index in [1.165, 1.54) is 0 Å². The predicted octanol–water partition coefficient (Wildman–Crippen LogP) is 2.84. The second-order valence-corrected chi connectivity index (χ2v) is 5.75. The molecule has 1 aromatic heterocycles. The molecule has 122 valence electrons. The van der Waals surface area contributed by atoms with Gasteiger partial charge < -0.3 is 15.8 Å². The summed E-state index contributed by atoms with van der Waals surface area (Å²) in [4.78, 5) is 16.0.